The zero-order chi connectivity index (χ0) is 13.8. The van der Waals surface area contributed by atoms with Gasteiger partial charge in [-0.2, -0.15) is 13.2 Å². The summed E-state index contributed by atoms with van der Waals surface area (Å²) in [6.07, 6.45) is -3.96. The Morgan fingerprint density at radius 3 is 2.58 bits per heavy atom. The fraction of sp³-hybridized carbons (Fsp3) is 0.600. The van der Waals surface area contributed by atoms with Gasteiger partial charge in [0.15, 0.2) is 5.69 Å². The molecule has 0 fully saturated rings. The van der Waals surface area contributed by atoms with Crippen LogP contribution in [0.25, 0.3) is 0 Å². The van der Waals surface area contributed by atoms with Gasteiger partial charge in [-0.3, -0.25) is 4.79 Å². The summed E-state index contributed by atoms with van der Waals surface area (Å²) >= 11 is 0.903. The molecule has 2 N–H and O–H groups in total. The van der Waals surface area contributed by atoms with Crippen LogP contribution in [0.4, 0.5) is 13.2 Å². The minimum absolute atomic E-state index is 0. The predicted octanol–water partition coefficient (Wildman–Crippen LogP) is 2.37. The number of thiazole rings is 1. The van der Waals surface area contributed by atoms with E-state index >= 15 is 0 Å². The van der Waals surface area contributed by atoms with E-state index in [9.17, 15) is 18.0 Å². The number of nitrogens with zero attached hydrogens (tertiary/aromatic N) is 1. The third kappa shape index (κ3) is 5.33. The maximum Gasteiger partial charge on any atom is 0.434 e. The van der Waals surface area contributed by atoms with Crippen LogP contribution in [0.1, 0.15) is 30.1 Å². The molecule has 1 aromatic rings. The number of halogens is 4. The zero-order valence-electron chi connectivity index (χ0n) is 10.4. The molecule has 0 saturated carbocycles. The molecule has 0 aliphatic carbocycles. The lowest BCUT2D eigenvalue weighted by atomic mass is 10.2. The number of amides is 1. The Labute approximate surface area is 119 Å². The number of hydrogen-bond donors (Lipinski definition) is 2. The summed E-state index contributed by atoms with van der Waals surface area (Å²) in [5, 5.41) is 6.53. The van der Waals surface area contributed by atoms with E-state index in [-0.39, 0.29) is 29.9 Å². The van der Waals surface area contributed by atoms with Crippen LogP contribution in [-0.2, 0) is 11.0 Å². The normalized spacial score (nSPS) is 12.7. The van der Waals surface area contributed by atoms with E-state index in [1.165, 1.54) is 0 Å². The molecular formula is C10H15ClF3N3OS. The molecule has 4 nitrogen and oxygen atoms in total. The van der Waals surface area contributed by atoms with Gasteiger partial charge < -0.3 is 10.6 Å². The Hall–Kier alpha value is -0.860. The van der Waals surface area contributed by atoms with E-state index in [0.717, 1.165) is 16.7 Å². The molecular weight excluding hydrogens is 303 g/mol. The molecule has 0 radical (unpaired) electrons. The molecule has 0 aliphatic heterocycles. The molecule has 9 heteroatoms. The second-order valence-corrected chi connectivity index (χ2v) is 4.52. The number of carbonyl (C=O) groups is 1. The monoisotopic (exact) mass is 317 g/mol. The Bertz CT molecular complexity index is 411. The first-order chi connectivity index (χ1) is 8.38. The Kier molecular flexibility index (Phi) is 7.32. The average Bonchev–Trinajstić information content (AvgIpc) is 2.75. The van der Waals surface area contributed by atoms with Crippen molar-refractivity contribution in [3.63, 3.8) is 0 Å². The van der Waals surface area contributed by atoms with E-state index in [0.29, 0.717) is 6.42 Å². The van der Waals surface area contributed by atoms with Crippen LogP contribution in [0.5, 0.6) is 0 Å². The molecule has 0 saturated heterocycles. The van der Waals surface area contributed by atoms with Crippen molar-refractivity contribution in [3.05, 3.63) is 16.1 Å². The first-order valence-electron chi connectivity index (χ1n) is 5.35. The molecule has 1 atom stereocenters. The largest absolute Gasteiger partial charge is 0.434 e. The van der Waals surface area contributed by atoms with Crippen LogP contribution >= 0.6 is 23.7 Å². The molecule has 0 aliphatic rings. The van der Waals surface area contributed by atoms with Gasteiger partial charge in [0.05, 0.1) is 12.6 Å². The molecule has 1 rings (SSSR count). The molecule has 1 aromatic heterocycles. The van der Waals surface area contributed by atoms with Crippen molar-refractivity contribution in [2.45, 2.75) is 25.6 Å². The van der Waals surface area contributed by atoms with Gasteiger partial charge in [0.25, 0.3) is 0 Å². The third-order valence-electron chi connectivity index (χ3n) is 2.19. The Morgan fingerprint density at radius 1 is 1.53 bits per heavy atom. The molecule has 0 spiro atoms. The number of hydrogen-bond acceptors (Lipinski definition) is 4. The standard InChI is InChI=1S/C10H14F3N3OS.ClH/c1-3-6(15-8(17)4-14-2)9-16-7(5-18-9)10(11,12)13;/h5-6,14H,3-4H2,1-2H3,(H,15,17);1H. The number of rotatable bonds is 5. The Balaban J connectivity index is 0.00000324. The number of likely N-dealkylation sites (N-methyl/N-ethyl adjacent to an activating group) is 1. The van der Waals surface area contributed by atoms with Gasteiger partial charge in [0, 0.05) is 5.38 Å². The predicted molar refractivity (Wildman–Crippen MR) is 69.5 cm³/mol. The van der Waals surface area contributed by atoms with Gasteiger partial charge in [-0.05, 0) is 13.5 Å². The van der Waals surface area contributed by atoms with Crippen molar-refractivity contribution in [1.29, 1.82) is 0 Å². The molecule has 19 heavy (non-hydrogen) atoms. The number of aromatic nitrogens is 1. The van der Waals surface area contributed by atoms with Crippen LogP contribution in [0.2, 0.25) is 0 Å². The first kappa shape index (κ1) is 18.1. The van der Waals surface area contributed by atoms with E-state index < -0.39 is 17.9 Å². The molecule has 0 aromatic carbocycles. The molecule has 0 bridgehead atoms. The number of carbonyl (C=O) groups excluding carboxylic acids is 1. The topological polar surface area (TPSA) is 54.0 Å². The van der Waals surface area contributed by atoms with Gasteiger partial charge in [-0.15, -0.1) is 23.7 Å². The lowest BCUT2D eigenvalue weighted by molar-refractivity contribution is -0.140. The fourth-order valence-electron chi connectivity index (χ4n) is 1.32. The summed E-state index contributed by atoms with van der Waals surface area (Å²) in [6.45, 7) is 1.90. The van der Waals surface area contributed by atoms with Gasteiger partial charge in [-0.1, -0.05) is 6.92 Å². The highest BCUT2D eigenvalue weighted by atomic mass is 35.5. The Morgan fingerprint density at radius 2 is 2.16 bits per heavy atom. The van der Waals surface area contributed by atoms with E-state index in [4.69, 9.17) is 0 Å². The van der Waals surface area contributed by atoms with Crippen molar-refractivity contribution in [3.8, 4) is 0 Å². The fourth-order valence-corrected chi connectivity index (χ4v) is 2.28. The van der Waals surface area contributed by atoms with Crippen LogP contribution in [0.3, 0.4) is 0 Å². The lowest BCUT2D eigenvalue weighted by Gasteiger charge is -2.14. The summed E-state index contributed by atoms with van der Waals surface area (Å²) in [7, 11) is 1.62. The highest BCUT2D eigenvalue weighted by Gasteiger charge is 2.34. The van der Waals surface area contributed by atoms with E-state index in [1.54, 1.807) is 14.0 Å². The maximum absolute atomic E-state index is 12.4. The summed E-state index contributed by atoms with van der Waals surface area (Å²) < 4.78 is 37.2. The summed E-state index contributed by atoms with van der Waals surface area (Å²) in [5.41, 5.74) is -0.913. The van der Waals surface area contributed by atoms with Crippen LogP contribution in [-0.4, -0.2) is 24.5 Å². The van der Waals surface area contributed by atoms with E-state index in [2.05, 4.69) is 15.6 Å². The minimum Gasteiger partial charge on any atom is -0.346 e. The van der Waals surface area contributed by atoms with Crippen molar-refractivity contribution >= 4 is 29.7 Å². The first-order valence-corrected chi connectivity index (χ1v) is 6.23. The quantitative estimate of drug-likeness (QED) is 0.876. The van der Waals surface area contributed by atoms with Crippen LogP contribution in [0.15, 0.2) is 5.38 Å². The second-order valence-electron chi connectivity index (χ2n) is 3.63. The summed E-state index contributed by atoms with van der Waals surface area (Å²) in [4.78, 5) is 14.9. The zero-order valence-corrected chi connectivity index (χ0v) is 12.0. The second kappa shape index (κ2) is 7.66. The van der Waals surface area contributed by atoms with Crippen molar-refractivity contribution in [2.24, 2.45) is 0 Å². The van der Waals surface area contributed by atoms with Crippen molar-refractivity contribution in [2.75, 3.05) is 13.6 Å². The SMILES string of the molecule is CCC(NC(=O)CNC)c1nc(C(F)(F)F)cs1.Cl. The number of nitrogens with one attached hydrogen (secondary N) is 2. The van der Waals surface area contributed by atoms with Crippen molar-refractivity contribution < 1.29 is 18.0 Å². The van der Waals surface area contributed by atoms with Gasteiger partial charge in [0.2, 0.25) is 5.91 Å². The average molecular weight is 318 g/mol. The lowest BCUT2D eigenvalue weighted by Crippen LogP contribution is -2.34. The van der Waals surface area contributed by atoms with Gasteiger partial charge in [0.1, 0.15) is 5.01 Å². The minimum atomic E-state index is -4.44. The highest BCUT2D eigenvalue weighted by molar-refractivity contribution is 7.09. The van der Waals surface area contributed by atoms with Crippen molar-refractivity contribution in [1.82, 2.24) is 15.6 Å². The number of alkyl halides is 3. The molecule has 110 valence electrons. The smallest absolute Gasteiger partial charge is 0.346 e. The van der Waals surface area contributed by atoms with Crippen LogP contribution < -0.4 is 10.6 Å². The summed E-state index contributed by atoms with van der Waals surface area (Å²) in [5.74, 6) is -0.270. The van der Waals surface area contributed by atoms with Gasteiger partial charge >= 0.3 is 6.18 Å². The maximum atomic E-state index is 12.4. The van der Waals surface area contributed by atoms with Crippen LogP contribution in [0, 0.1) is 0 Å². The molecule has 1 unspecified atom stereocenters. The molecule has 1 heterocycles. The summed E-state index contributed by atoms with van der Waals surface area (Å²) in [6, 6.07) is -0.480. The molecule has 1 amide bonds. The van der Waals surface area contributed by atoms with E-state index in [1.807, 2.05) is 0 Å². The highest BCUT2D eigenvalue weighted by Crippen LogP contribution is 2.32. The van der Waals surface area contributed by atoms with Gasteiger partial charge in [-0.25, -0.2) is 4.98 Å². The third-order valence-corrected chi connectivity index (χ3v) is 3.15.